The molecule has 0 saturated heterocycles. The summed E-state index contributed by atoms with van der Waals surface area (Å²) in [5.74, 6) is -0.376. The fourth-order valence-electron chi connectivity index (χ4n) is 1.70. The number of ether oxygens (including phenoxy) is 1. The SMILES string of the molecule is O=C(Nc1ccc(OC(F)F)cc1)C(Cl)c1ccccc1. The van der Waals surface area contributed by atoms with Crippen LogP contribution in [0.1, 0.15) is 10.9 Å². The zero-order valence-electron chi connectivity index (χ0n) is 10.8. The topological polar surface area (TPSA) is 38.3 Å². The van der Waals surface area contributed by atoms with E-state index in [1.165, 1.54) is 24.3 Å². The number of halogens is 3. The molecule has 110 valence electrons. The van der Waals surface area contributed by atoms with Crippen molar-refractivity contribution >= 4 is 23.2 Å². The van der Waals surface area contributed by atoms with Crippen LogP contribution < -0.4 is 10.1 Å². The quantitative estimate of drug-likeness (QED) is 0.840. The van der Waals surface area contributed by atoms with Crippen LogP contribution in [-0.2, 0) is 4.79 Å². The minimum absolute atomic E-state index is 0.0217. The molecule has 0 heterocycles. The first kappa shape index (κ1) is 15.3. The van der Waals surface area contributed by atoms with Crippen LogP contribution in [0.2, 0.25) is 0 Å². The van der Waals surface area contributed by atoms with Crippen LogP contribution in [0.4, 0.5) is 14.5 Å². The first-order valence-corrected chi connectivity index (χ1v) is 6.54. The third kappa shape index (κ3) is 4.43. The van der Waals surface area contributed by atoms with Gasteiger partial charge in [0, 0.05) is 5.69 Å². The van der Waals surface area contributed by atoms with Crippen molar-refractivity contribution in [2.45, 2.75) is 12.0 Å². The maximum Gasteiger partial charge on any atom is 0.387 e. The summed E-state index contributed by atoms with van der Waals surface area (Å²) in [6, 6.07) is 14.5. The molecule has 3 nitrogen and oxygen atoms in total. The molecule has 0 aliphatic carbocycles. The van der Waals surface area contributed by atoms with E-state index in [2.05, 4.69) is 10.1 Å². The second kappa shape index (κ2) is 7.04. The number of rotatable bonds is 5. The Morgan fingerprint density at radius 2 is 1.67 bits per heavy atom. The number of hydrogen-bond acceptors (Lipinski definition) is 2. The highest BCUT2D eigenvalue weighted by Crippen LogP contribution is 2.23. The van der Waals surface area contributed by atoms with Gasteiger partial charge in [-0.15, -0.1) is 11.6 Å². The molecular formula is C15H12ClF2NO2. The lowest BCUT2D eigenvalue weighted by Gasteiger charge is -2.11. The summed E-state index contributed by atoms with van der Waals surface area (Å²) in [6.07, 6.45) is 0. The van der Waals surface area contributed by atoms with Crippen molar-refractivity contribution in [1.29, 1.82) is 0 Å². The van der Waals surface area contributed by atoms with Gasteiger partial charge in [-0.1, -0.05) is 30.3 Å². The summed E-state index contributed by atoms with van der Waals surface area (Å²) in [7, 11) is 0. The molecule has 0 aliphatic heterocycles. The van der Waals surface area contributed by atoms with Gasteiger partial charge in [0.05, 0.1) is 0 Å². The van der Waals surface area contributed by atoms with E-state index in [1.807, 2.05) is 6.07 Å². The molecule has 2 rings (SSSR count). The molecule has 6 heteroatoms. The van der Waals surface area contributed by atoms with E-state index < -0.39 is 17.9 Å². The molecule has 1 N–H and O–H groups in total. The van der Waals surface area contributed by atoms with Gasteiger partial charge in [-0.2, -0.15) is 8.78 Å². The van der Waals surface area contributed by atoms with E-state index in [9.17, 15) is 13.6 Å². The summed E-state index contributed by atoms with van der Waals surface area (Å²) in [6.45, 7) is -2.88. The van der Waals surface area contributed by atoms with Crippen LogP contribution in [0.3, 0.4) is 0 Å². The number of hydrogen-bond donors (Lipinski definition) is 1. The van der Waals surface area contributed by atoms with Crippen molar-refractivity contribution in [2.24, 2.45) is 0 Å². The van der Waals surface area contributed by atoms with Gasteiger partial charge in [0.25, 0.3) is 0 Å². The van der Waals surface area contributed by atoms with Crippen molar-refractivity contribution in [1.82, 2.24) is 0 Å². The number of alkyl halides is 3. The fraction of sp³-hybridized carbons (Fsp3) is 0.133. The third-order valence-electron chi connectivity index (χ3n) is 2.67. The molecular weight excluding hydrogens is 300 g/mol. The normalized spacial score (nSPS) is 12.0. The molecule has 1 atom stereocenters. The summed E-state index contributed by atoms with van der Waals surface area (Å²) in [5.41, 5.74) is 1.12. The molecule has 0 bridgehead atoms. The van der Waals surface area contributed by atoms with Gasteiger partial charge in [0.1, 0.15) is 11.1 Å². The zero-order valence-corrected chi connectivity index (χ0v) is 11.6. The molecule has 2 aromatic carbocycles. The Morgan fingerprint density at radius 3 is 2.24 bits per heavy atom. The van der Waals surface area contributed by atoms with E-state index in [1.54, 1.807) is 24.3 Å². The highest BCUT2D eigenvalue weighted by Gasteiger charge is 2.17. The monoisotopic (exact) mass is 311 g/mol. The zero-order chi connectivity index (χ0) is 15.2. The first-order chi connectivity index (χ1) is 10.1. The smallest absolute Gasteiger partial charge is 0.387 e. The number of anilines is 1. The summed E-state index contributed by atoms with van der Waals surface area (Å²) in [5, 5.41) is 1.78. The van der Waals surface area contributed by atoms with Gasteiger partial charge >= 0.3 is 6.61 Å². The highest BCUT2D eigenvalue weighted by atomic mass is 35.5. The first-order valence-electron chi connectivity index (χ1n) is 6.11. The minimum Gasteiger partial charge on any atom is -0.435 e. The number of nitrogens with one attached hydrogen (secondary N) is 1. The summed E-state index contributed by atoms with van der Waals surface area (Å²) < 4.78 is 28.2. The standard InChI is InChI=1S/C15H12ClF2NO2/c16-13(10-4-2-1-3-5-10)14(20)19-11-6-8-12(9-7-11)21-15(17)18/h1-9,13,15H,(H,19,20). The van der Waals surface area contributed by atoms with Crippen LogP contribution in [0.15, 0.2) is 54.6 Å². The Bertz CT molecular complexity index is 590. The van der Waals surface area contributed by atoms with Crippen molar-refractivity contribution in [3.63, 3.8) is 0 Å². The van der Waals surface area contributed by atoms with Gasteiger partial charge in [0.2, 0.25) is 5.91 Å². The Hall–Kier alpha value is -2.14. The van der Waals surface area contributed by atoms with E-state index in [0.29, 0.717) is 11.3 Å². The van der Waals surface area contributed by atoms with Crippen LogP contribution >= 0.6 is 11.6 Å². The molecule has 0 radical (unpaired) electrons. The average Bonchev–Trinajstić information content (AvgIpc) is 2.49. The molecule has 0 aromatic heterocycles. The molecule has 0 spiro atoms. The largest absolute Gasteiger partial charge is 0.435 e. The lowest BCUT2D eigenvalue weighted by Crippen LogP contribution is -2.17. The van der Waals surface area contributed by atoms with Crippen molar-refractivity contribution in [3.05, 3.63) is 60.2 Å². The molecule has 1 amide bonds. The Kier molecular flexibility index (Phi) is 5.11. The lowest BCUT2D eigenvalue weighted by atomic mass is 10.1. The third-order valence-corrected chi connectivity index (χ3v) is 3.12. The Balaban J connectivity index is 1.99. The molecule has 0 fully saturated rings. The van der Waals surface area contributed by atoms with Gasteiger partial charge in [-0.25, -0.2) is 0 Å². The predicted octanol–water partition coefficient (Wildman–Crippen LogP) is 4.21. The molecule has 0 aliphatic rings. The van der Waals surface area contributed by atoms with E-state index >= 15 is 0 Å². The summed E-state index contributed by atoms with van der Waals surface area (Å²) in [4.78, 5) is 12.0. The fourth-order valence-corrected chi connectivity index (χ4v) is 1.90. The molecule has 0 saturated carbocycles. The second-order valence-electron chi connectivity index (χ2n) is 4.17. The summed E-state index contributed by atoms with van der Waals surface area (Å²) >= 11 is 6.07. The molecule has 1 unspecified atom stereocenters. The highest BCUT2D eigenvalue weighted by molar-refractivity contribution is 6.32. The number of benzene rings is 2. The van der Waals surface area contributed by atoms with Crippen LogP contribution in [0.25, 0.3) is 0 Å². The van der Waals surface area contributed by atoms with Gasteiger partial charge < -0.3 is 10.1 Å². The van der Waals surface area contributed by atoms with Crippen molar-refractivity contribution in [2.75, 3.05) is 5.32 Å². The molecule has 21 heavy (non-hydrogen) atoms. The molecule has 2 aromatic rings. The number of carbonyl (C=O) groups is 1. The predicted molar refractivity (Wildman–Crippen MR) is 76.7 cm³/mol. The maximum atomic E-state index is 12.0. The van der Waals surface area contributed by atoms with E-state index in [0.717, 1.165) is 0 Å². The van der Waals surface area contributed by atoms with Gasteiger partial charge in [-0.3, -0.25) is 4.79 Å². The van der Waals surface area contributed by atoms with Crippen molar-refractivity contribution < 1.29 is 18.3 Å². The maximum absolute atomic E-state index is 12.0. The van der Waals surface area contributed by atoms with E-state index in [4.69, 9.17) is 11.6 Å². The lowest BCUT2D eigenvalue weighted by molar-refractivity contribution is -0.116. The van der Waals surface area contributed by atoms with E-state index in [-0.39, 0.29) is 5.75 Å². The minimum atomic E-state index is -2.88. The average molecular weight is 312 g/mol. The van der Waals surface area contributed by atoms with Crippen LogP contribution in [-0.4, -0.2) is 12.5 Å². The van der Waals surface area contributed by atoms with Crippen molar-refractivity contribution in [3.8, 4) is 5.75 Å². The second-order valence-corrected chi connectivity index (χ2v) is 4.60. The Morgan fingerprint density at radius 1 is 1.05 bits per heavy atom. The number of carbonyl (C=O) groups excluding carboxylic acids is 1. The van der Waals surface area contributed by atoms with Gasteiger partial charge in [0.15, 0.2) is 0 Å². The van der Waals surface area contributed by atoms with Crippen LogP contribution in [0, 0.1) is 0 Å². The number of amides is 1. The Labute approximate surface area is 125 Å². The van der Waals surface area contributed by atoms with Gasteiger partial charge in [-0.05, 0) is 29.8 Å². The van der Waals surface area contributed by atoms with Crippen LogP contribution in [0.5, 0.6) is 5.75 Å².